The fraction of sp³-hybridized carbons (Fsp3) is 0.500. The molecule has 1 N–H and O–H groups in total. The summed E-state index contributed by atoms with van der Waals surface area (Å²) in [6, 6.07) is 8.00. The van der Waals surface area contributed by atoms with Crippen molar-refractivity contribution in [3.8, 4) is 17.6 Å². The average Bonchev–Trinajstić information content (AvgIpc) is 2.43. The van der Waals surface area contributed by atoms with Crippen molar-refractivity contribution in [2.75, 3.05) is 20.8 Å². The maximum absolute atomic E-state index is 8.86. The Morgan fingerprint density at radius 3 is 2.67 bits per heavy atom. The highest BCUT2D eigenvalue weighted by Crippen LogP contribution is 2.24. The lowest BCUT2D eigenvalue weighted by molar-refractivity contribution is 0.389. The predicted molar refractivity (Wildman–Crippen MR) is 70.6 cm³/mol. The zero-order valence-electron chi connectivity index (χ0n) is 11.2. The standard InChI is InChI=1S/C14H20N2O2/c1-4-11(8-15)9-16-10-12-5-6-13(17-2)7-14(12)18-3/h5-7,11,16H,4,9-10H2,1-3H3. The number of nitriles is 1. The second-order valence-electron chi connectivity index (χ2n) is 4.04. The van der Waals surface area contributed by atoms with Crippen molar-refractivity contribution in [3.05, 3.63) is 23.8 Å². The molecule has 0 aromatic heterocycles. The van der Waals surface area contributed by atoms with E-state index in [0.717, 1.165) is 23.5 Å². The first-order valence-corrected chi connectivity index (χ1v) is 6.06. The fourth-order valence-corrected chi connectivity index (χ4v) is 1.66. The molecule has 0 bridgehead atoms. The molecular formula is C14H20N2O2. The van der Waals surface area contributed by atoms with Crippen molar-refractivity contribution in [1.82, 2.24) is 5.32 Å². The topological polar surface area (TPSA) is 54.3 Å². The number of nitrogens with one attached hydrogen (secondary N) is 1. The predicted octanol–water partition coefficient (Wildman–Crippen LogP) is 2.34. The molecule has 0 spiro atoms. The van der Waals surface area contributed by atoms with Crippen molar-refractivity contribution in [2.24, 2.45) is 5.92 Å². The first kappa shape index (κ1) is 14.3. The lowest BCUT2D eigenvalue weighted by Crippen LogP contribution is -2.21. The zero-order valence-corrected chi connectivity index (χ0v) is 11.2. The van der Waals surface area contributed by atoms with Crippen LogP contribution in [-0.4, -0.2) is 20.8 Å². The number of rotatable bonds is 7. The van der Waals surface area contributed by atoms with Crippen molar-refractivity contribution >= 4 is 0 Å². The van der Waals surface area contributed by atoms with Gasteiger partial charge in [-0.2, -0.15) is 5.26 Å². The van der Waals surface area contributed by atoms with E-state index in [1.54, 1.807) is 14.2 Å². The molecule has 1 aromatic carbocycles. The van der Waals surface area contributed by atoms with Gasteiger partial charge in [0.15, 0.2) is 0 Å². The summed E-state index contributed by atoms with van der Waals surface area (Å²) in [5.41, 5.74) is 1.06. The minimum absolute atomic E-state index is 0.0641. The second-order valence-corrected chi connectivity index (χ2v) is 4.04. The van der Waals surface area contributed by atoms with Crippen LogP contribution in [0.1, 0.15) is 18.9 Å². The van der Waals surface area contributed by atoms with E-state index in [1.807, 2.05) is 25.1 Å². The highest BCUT2D eigenvalue weighted by Gasteiger charge is 2.07. The number of nitrogens with zero attached hydrogens (tertiary/aromatic N) is 1. The molecule has 1 rings (SSSR count). The van der Waals surface area contributed by atoms with Crippen molar-refractivity contribution < 1.29 is 9.47 Å². The lowest BCUT2D eigenvalue weighted by atomic mass is 10.1. The zero-order chi connectivity index (χ0) is 13.4. The van der Waals surface area contributed by atoms with Crippen LogP contribution in [0, 0.1) is 17.2 Å². The van der Waals surface area contributed by atoms with Gasteiger partial charge < -0.3 is 14.8 Å². The van der Waals surface area contributed by atoms with Gasteiger partial charge in [0.2, 0.25) is 0 Å². The molecule has 1 aromatic rings. The number of hydrogen-bond donors (Lipinski definition) is 1. The first-order valence-electron chi connectivity index (χ1n) is 6.06. The van der Waals surface area contributed by atoms with Crippen LogP contribution in [0.3, 0.4) is 0 Å². The van der Waals surface area contributed by atoms with E-state index >= 15 is 0 Å². The molecule has 0 aliphatic rings. The quantitative estimate of drug-likeness (QED) is 0.804. The Kier molecular flexibility index (Phi) is 6.03. The summed E-state index contributed by atoms with van der Waals surface area (Å²) < 4.78 is 10.5. The van der Waals surface area contributed by atoms with Crippen LogP contribution in [0.5, 0.6) is 11.5 Å². The fourth-order valence-electron chi connectivity index (χ4n) is 1.66. The third kappa shape index (κ3) is 3.94. The van der Waals surface area contributed by atoms with E-state index in [4.69, 9.17) is 14.7 Å². The Morgan fingerprint density at radius 2 is 2.11 bits per heavy atom. The Hall–Kier alpha value is -1.73. The van der Waals surface area contributed by atoms with Gasteiger partial charge in [-0.1, -0.05) is 13.0 Å². The van der Waals surface area contributed by atoms with E-state index in [9.17, 15) is 0 Å². The summed E-state index contributed by atoms with van der Waals surface area (Å²) in [7, 11) is 3.27. The Labute approximate surface area is 109 Å². The van der Waals surface area contributed by atoms with Crippen molar-refractivity contribution in [1.29, 1.82) is 5.26 Å². The van der Waals surface area contributed by atoms with E-state index in [2.05, 4.69) is 11.4 Å². The molecule has 0 saturated heterocycles. The largest absolute Gasteiger partial charge is 0.497 e. The van der Waals surface area contributed by atoms with Crippen LogP contribution in [0.2, 0.25) is 0 Å². The summed E-state index contributed by atoms with van der Waals surface area (Å²) >= 11 is 0. The monoisotopic (exact) mass is 248 g/mol. The minimum Gasteiger partial charge on any atom is -0.497 e. The van der Waals surface area contributed by atoms with Crippen molar-refractivity contribution in [3.63, 3.8) is 0 Å². The van der Waals surface area contributed by atoms with Gasteiger partial charge in [-0.25, -0.2) is 0 Å². The molecule has 0 radical (unpaired) electrons. The average molecular weight is 248 g/mol. The summed E-state index contributed by atoms with van der Waals surface area (Å²) in [6.45, 7) is 3.40. The minimum atomic E-state index is 0.0641. The molecule has 0 aliphatic carbocycles. The molecule has 4 nitrogen and oxygen atoms in total. The summed E-state index contributed by atoms with van der Waals surface area (Å²) in [5, 5.41) is 12.1. The molecule has 98 valence electrons. The lowest BCUT2D eigenvalue weighted by Gasteiger charge is -2.12. The van der Waals surface area contributed by atoms with Crippen LogP contribution in [0.4, 0.5) is 0 Å². The summed E-state index contributed by atoms with van der Waals surface area (Å²) in [4.78, 5) is 0. The molecule has 18 heavy (non-hydrogen) atoms. The SMILES string of the molecule is CCC(C#N)CNCc1ccc(OC)cc1OC. The Morgan fingerprint density at radius 1 is 1.33 bits per heavy atom. The molecule has 1 unspecified atom stereocenters. The van der Waals surface area contributed by atoms with Gasteiger partial charge in [0.05, 0.1) is 26.2 Å². The van der Waals surface area contributed by atoms with Gasteiger partial charge in [-0.05, 0) is 12.5 Å². The van der Waals surface area contributed by atoms with Gasteiger partial charge in [0.25, 0.3) is 0 Å². The van der Waals surface area contributed by atoms with Gasteiger partial charge >= 0.3 is 0 Å². The molecular weight excluding hydrogens is 228 g/mol. The van der Waals surface area contributed by atoms with Gasteiger partial charge in [0, 0.05) is 24.7 Å². The first-order chi connectivity index (χ1) is 8.74. The van der Waals surface area contributed by atoms with Crippen molar-refractivity contribution in [2.45, 2.75) is 19.9 Å². The number of hydrogen-bond acceptors (Lipinski definition) is 4. The normalized spacial score (nSPS) is 11.7. The van der Waals surface area contributed by atoms with Gasteiger partial charge in [-0.3, -0.25) is 0 Å². The third-order valence-electron chi connectivity index (χ3n) is 2.88. The van der Waals surface area contributed by atoms with Gasteiger partial charge in [-0.15, -0.1) is 0 Å². The van der Waals surface area contributed by atoms with E-state index in [-0.39, 0.29) is 5.92 Å². The van der Waals surface area contributed by atoms with Crippen LogP contribution >= 0.6 is 0 Å². The Bertz CT molecular complexity index is 413. The number of methoxy groups -OCH3 is 2. The summed E-state index contributed by atoms with van der Waals surface area (Å²) in [6.07, 6.45) is 0.864. The molecule has 0 fully saturated rings. The maximum Gasteiger partial charge on any atom is 0.127 e. The molecule has 0 saturated carbocycles. The molecule has 0 aliphatic heterocycles. The van der Waals surface area contributed by atoms with Crippen LogP contribution in [0.25, 0.3) is 0 Å². The second kappa shape index (κ2) is 7.57. The molecule has 1 atom stereocenters. The third-order valence-corrected chi connectivity index (χ3v) is 2.88. The summed E-state index contributed by atoms with van der Waals surface area (Å²) in [5.74, 6) is 1.64. The smallest absolute Gasteiger partial charge is 0.127 e. The molecule has 0 amide bonds. The van der Waals surface area contributed by atoms with E-state index < -0.39 is 0 Å². The Balaban J connectivity index is 2.59. The number of benzene rings is 1. The van der Waals surface area contributed by atoms with E-state index in [0.29, 0.717) is 13.1 Å². The van der Waals surface area contributed by atoms with Crippen LogP contribution in [0.15, 0.2) is 18.2 Å². The van der Waals surface area contributed by atoms with Crippen LogP contribution in [-0.2, 0) is 6.54 Å². The number of ether oxygens (including phenoxy) is 2. The molecule has 0 heterocycles. The highest BCUT2D eigenvalue weighted by atomic mass is 16.5. The molecule has 4 heteroatoms. The highest BCUT2D eigenvalue weighted by molar-refractivity contribution is 5.40. The van der Waals surface area contributed by atoms with Crippen LogP contribution < -0.4 is 14.8 Å². The van der Waals surface area contributed by atoms with Gasteiger partial charge in [0.1, 0.15) is 11.5 Å². The van der Waals surface area contributed by atoms with E-state index in [1.165, 1.54) is 0 Å². The maximum atomic E-state index is 8.86.